The van der Waals surface area contributed by atoms with Gasteiger partial charge in [-0.2, -0.15) is 5.10 Å². The Morgan fingerprint density at radius 1 is 1.24 bits per heavy atom. The Kier molecular flexibility index (Phi) is 3.35. The lowest BCUT2D eigenvalue weighted by Crippen LogP contribution is -2.33. The first-order valence-corrected chi connectivity index (χ1v) is 7.05. The third-order valence-electron chi connectivity index (χ3n) is 3.77. The minimum Gasteiger partial charge on any atom is -0.340 e. The van der Waals surface area contributed by atoms with E-state index in [0.29, 0.717) is 0 Å². The number of nitrogens with one attached hydrogen (secondary N) is 1. The van der Waals surface area contributed by atoms with Crippen molar-refractivity contribution in [2.45, 2.75) is 25.8 Å². The number of nitrogens with zero attached hydrogens (tertiary/aromatic N) is 3. The molecule has 3 rings (SSSR count). The maximum absolute atomic E-state index is 6.21. The fourth-order valence-corrected chi connectivity index (χ4v) is 2.11. The molecule has 0 saturated heterocycles. The van der Waals surface area contributed by atoms with Crippen LogP contribution in [0, 0.1) is 0 Å². The van der Waals surface area contributed by atoms with E-state index < -0.39 is 5.54 Å². The second kappa shape index (κ2) is 5.18. The van der Waals surface area contributed by atoms with Crippen molar-refractivity contribution >= 4 is 0 Å². The van der Waals surface area contributed by atoms with Crippen LogP contribution in [0.2, 0.25) is 0 Å². The third-order valence-corrected chi connectivity index (χ3v) is 3.77. The topological polar surface area (TPSA) is 72.5 Å². The summed E-state index contributed by atoms with van der Waals surface area (Å²) in [7, 11) is 0. The Labute approximate surface area is 123 Å². The van der Waals surface area contributed by atoms with Crippen LogP contribution in [0.1, 0.15) is 26.1 Å². The lowest BCUT2D eigenvalue weighted by molar-refractivity contribution is 0.450. The second-order valence-corrected chi connectivity index (χ2v) is 5.43. The zero-order chi connectivity index (χ0) is 14.9. The molecule has 0 aliphatic carbocycles. The van der Waals surface area contributed by atoms with Crippen molar-refractivity contribution in [2.75, 3.05) is 0 Å². The van der Waals surface area contributed by atoms with Crippen LogP contribution in [0.25, 0.3) is 16.9 Å². The zero-order valence-electron chi connectivity index (χ0n) is 12.2. The normalized spacial score (nSPS) is 14.0. The first-order chi connectivity index (χ1) is 10.1. The summed E-state index contributed by atoms with van der Waals surface area (Å²) in [5.74, 6) is 0.799. The number of rotatable bonds is 4. The Morgan fingerprint density at radius 2 is 2.00 bits per heavy atom. The maximum Gasteiger partial charge on any atom is 0.126 e. The molecule has 1 unspecified atom stereocenters. The highest BCUT2D eigenvalue weighted by molar-refractivity contribution is 5.57. The van der Waals surface area contributed by atoms with Gasteiger partial charge in [0.1, 0.15) is 5.82 Å². The van der Waals surface area contributed by atoms with Gasteiger partial charge in [-0.3, -0.25) is 0 Å². The molecule has 0 saturated carbocycles. The van der Waals surface area contributed by atoms with Gasteiger partial charge in [-0.25, -0.2) is 9.67 Å². The summed E-state index contributed by atoms with van der Waals surface area (Å²) >= 11 is 0. The molecule has 2 aromatic heterocycles. The highest BCUT2D eigenvalue weighted by Crippen LogP contribution is 2.23. The number of nitrogens with two attached hydrogens (primary N) is 1. The molecule has 0 aliphatic heterocycles. The summed E-state index contributed by atoms with van der Waals surface area (Å²) in [4.78, 5) is 7.70. The van der Waals surface area contributed by atoms with Crippen molar-refractivity contribution in [1.82, 2.24) is 19.7 Å². The maximum atomic E-state index is 6.21. The van der Waals surface area contributed by atoms with E-state index >= 15 is 0 Å². The largest absolute Gasteiger partial charge is 0.340 e. The average molecular weight is 281 g/mol. The van der Waals surface area contributed by atoms with Crippen LogP contribution in [0.5, 0.6) is 0 Å². The summed E-state index contributed by atoms with van der Waals surface area (Å²) < 4.78 is 1.84. The number of benzene rings is 1. The number of aromatic amines is 1. The number of para-hydroxylation sites is 1. The van der Waals surface area contributed by atoms with Gasteiger partial charge >= 0.3 is 0 Å². The van der Waals surface area contributed by atoms with Gasteiger partial charge in [0, 0.05) is 11.8 Å². The predicted molar refractivity (Wildman–Crippen MR) is 83.0 cm³/mol. The molecule has 3 N–H and O–H groups in total. The molecular formula is C16H19N5. The van der Waals surface area contributed by atoms with E-state index in [2.05, 4.69) is 22.0 Å². The number of imidazole rings is 1. The summed E-state index contributed by atoms with van der Waals surface area (Å²) in [5.41, 5.74) is 8.72. The van der Waals surface area contributed by atoms with E-state index in [1.165, 1.54) is 0 Å². The molecule has 2 heterocycles. The van der Waals surface area contributed by atoms with Crippen molar-refractivity contribution in [3.63, 3.8) is 0 Å². The van der Waals surface area contributed by atoms with Crippen molar-refractivity contribution in [1.29, 1.82) is 0 Å². The highest BCUT2D eigenvalue weighted by atomic mass is 15.3. The van der Waals surface area contributed by atoms with Crippen LogP contribution in [0.3, 0.4) is 0 Å². The summed E-state index contributed by atoms with van der Waals surface area (Å²) in [6, 6.07) is 10.0. The van der Waals surface area contributed by atoms with Crippen LogP contribution < -0.4 is 5.73 Å². The van der Waals surface area contributed by atoms with E-state index in [1.807, 2.05) is 60.5 Å². The lowest BCUT2D eigenvalue weighted by Gasteiger charge is -2.19. The standard InChI is InChI=1S/C16H19N5/c1-3-16(2,17)15-18-10-14(20-15)12-9-19-21(11-12)13-7-5-4-6-8-13/h4-11H,3,17H2,1-2H3,(H,18,20). The molecule has 1 atom stereocenters. The van der Waals surface area contributed by atoms with Gasteiger partial charge in [-0.05, 0) is 25.5 Å². The zero-order valence-corrected chi connectivity index (χ0v) is 12.2. The molecule has 0 bridgehead atoms. The molecule has 0 fully saturated rings. The van der Waals surface area contributed by atoms with Crippen molar-refractivity contribution < 1.29 is 0 Å². The Balaban J connectivity index is 1.91. The fourth-order valence-electron chi connectivity index (χ4n) is 2.11. The highest BCUT2D eigenvalue weighted by Gasteiger charge is 2.22. The molecule has 1 aromatic carbocycles. The molecule has 0 radical (unpaired) electrons. The second-order valence-electron chi connectivity index (χ2n) is 5.43. The van der Waals surface area contributed by atoms with Crippen LogP contribution in [-0.4, -0.2) is 19.7 Å². The Morgan fingerprint density at radius 3 is 2.71 bits per heavy atom. The first kappa shape index (κ1) is 13.6. The van der Waals surface area contributed by atoms with Crippen molar-refractivity contribution in [3.05, 3.63) is 54.7 Å². The van der Waals surface area contributed by atoms with E-state index in [-0.39, 0.29) is 0 Å². The van der Waals surface area contributed by atoms with Crippen LogP contribution in [0.4, 0.5) is 0 Å². The number of hydrogen-bond donors (Lipinski definition) is 2. The Bertz CT molecular complexity index is 724. The van der Waals surface area contributed by atoms with Gasteiger partial charge in [-0.15, -0.1) is 0 Å². The molecule has 0 aliphatic rings. The number of H-pyrrole nitrogens is 1. The van der Waals surface area contributed by atoms with E-state index in [4.69, 9.17) is 5.73 Å². The fraction of sp³-hybridized carbons (Fsp3) is 0.250. The molecule has 108 valence electrons. The average Bonchev–Trinajstić information content (AvgIpc) is 3.17. The summed E-state index contributed by atoms with van der Waals surface area (Å²) in [5, 5.41) is 4.39. The number of aromatic nitrogens is 4. The molecular weight excluding hydrogens is 262 g/mol. The first-order valence-electron chi connectivity index (χ1n) is 7.05. The van der Waals surface area contributed by atoms with Crippen molar-refractivity contribution in [2.24, 2.45) is 5.73 Å². The van der Waals surface area contributed by atoms with Gasteiger partial charge < -0.3 is 10.7 Å². The number of hydrogen-bond acceptors (Lipinski definition) is 3. The SMILES string of the molecule is CCC(C)(N)c1ncc(-c2cnn(-c3ccccc3)c2)[nH]1. The van der Waals surface area contributed by atoms with Crippen LogP contribution in [-0.2, 0) is 5.54 Å². The molecule has 0 amide bonds. The van der Waals surface area contributed by atoms with Gasteiger partial charge in [0.2, 0.25) is 0 Å². The minimum absolute atomic E-state index is 0.437. The van der Waals surface area contributed by atoms with Crippen LogP contribution >= 0.6 is 0 Å². The quantitative estimate of drug-likeness (QED) is 0.772. The lowest BCUT2D eigenvalue weighted by atomic mass is 10.0. The third kappa shape index (κ3) is 2.60. The molecule has 21 heavy (non-hydrogen) atoms. The van der Waals surface area contributed by atoms with E-state index in [0.717, 1.165) is 29.2 Å². The van der Waals surface area contributed by atoms with Crippen LogP contribution in [0.15, 0.2) is 48.9 Å². The van der Waals surface area contributed by atoms with Gasteiger partial charge in [0.05, 0.1) is 29.3 Å². The predicted octanol–water partition coefficient (Wildman–Crippen LogP) is 2.85. The Hall–Kier alpha value is -2.40. The molecule has 0 spiro atoms. The molecule has 5 nitrogen and oxygen atoms in total. The van der Waals surface area contributed by atoms with Gasteiger partial charge in [0.15, 0.2) is 0 Å². The van der Waals surface area contributed by atoms with E-state index in [1.54, 1.807) is 0 Å². The molecule has 3 aromatic rings. The smallest absolute Gasteiger partial charge is 0.126 e. The van der Waals surface area contributed by atoms with Gasteiger partial charge in [-0.1, -0.05) is 25.1 Å². The van der Waals surface area contributed by atoms with E-state index in [9.17, 15) is 0 Å². The monoisotopic (exact) mass is 281 g/mol. The van der Waals surface area contributed by atoms with Crippen molar-refractivity contribution in [3.8, 4) is 16.9 Å². The van der Waals surface area contributed by atoms with Gasteiger partial charge in [0.25, 0.3) is 0 Å². The summed E-state index contributed by atoms with van der Waals surface area (Å²) in [6.07, 6.45) is 6.43. The molecule has 5 heteroatoms. The minimum atomic E-state index is -0.437. The summed E-state index contributed by atoms with van der Waals surface area (Å²) in [6.45, 7) is 4.03.